The second-order valence-corrected chi connectivity index (χ2v) is 5.29. The first kappa shape index (κ1) is 13.2. The molecule has 1 aromatic heterocycles. The number of halogens is 2. The van der Waals surface area contributed by atoms with Gasteiger partial charge in [-0.2, -0.15) is 4.98 Å². The van der Waals surface area contributed by atoms with Crippen molar-refractivity contribution in [2.24, 2.45) is 5.73 Å². The van der Waals surface area contributed by atoms with Crippen molar-refractivity contribution in [3.05, 3.63) is 47.1 Å². The van der Waals surface area contributed by atoms with Gasteiger partial charge in [0.05, 0.1) is 12.0 Å². The van der Waals surface area contributed by atoms with E-state index in [1.807, 2.05) is 0 Å². The maximum atomic E-state index is 13.6. The van der Waals surface area contributed by atoms with E-state index in [0.717, 1.165) is 43.9 Å². The van der Waals surface area contributed by atoms with Gasteiger partial charge in [-0.05, 0) is 31.0 Å². The third-order valence-electron chi connectivity index (χ3n) is 3.76. The van der Waals surface area contributed by atoms with Crippen LogP contribution in [0.3, 0.4) is 0 Å². The highest BCUT2D eigenvalue weighted by Gasteiger charge is 2.35. The maximum Gasteiger partial charge on any atom is 0.231 e. The van der Waals surface area contributed by atoms with E-state index >= 15 is 0 Å². The normalized spacial score (nSPS) is 17.6. The minimum absolute atomic E-state index is 0.0622. The van der Waals surface area contributed by atoms with Crippen LogP contribution in [0.25, 0.3) is 0 Å². The number of nitrogens with two attached hydrogens (primary N) is 1. The van der Waals surface area contributed by atoms with Crippen molar-refractivity contribution in [3.63, 3.8) is 0 Å². The molecule has 6 heteroatoms. The lowest BCUT2D eigenvalue weighted by Crippen LogP contribution is -2.34. The minimum atomic E-state index is -0.539. The maximum absolute atomic E-state index is 13.6. The van der Waals surface area contributed by atoms with E-state index in [-0.39, 0.29) is 17.9 Å². The topological polar surface area (TPSA) is 64.9 Å². The molecule has 20 heavy (non-hydrogen) atoms. The van der Waals surface area contributed by atoms with E-state index in [2.05, 4.69) is 10.1 Å². The summed E-state index contributed by atoms with van der Waals surface area (Å²) in [6.45, 7) is 0. The first-order valence-corrected chi connectivity index (χ1v) is 6.63. The van der Waals surface area contributed by atoms with Gasteiger partial charge in [-0.1, -0.05) is 18.0 Å². The van der Waals surface area contributed by atoms with E-state index in [4.69, 9.17) is 10.3 Å². The third-order valence-corrected chi connectivity index (χ3v) is 3.76. The molecule has 1 aliphatic carbocycles. The molecule has 0 aliphatic heterocycles. The second-order valence-electron chi connectivity index (χ2n) is 5.29. The van der Waals surface area contributed by atoms with Gasteiger partial charge in [0.15, 0.2) is 5.82 Å². The number of hydrogen-bond donors (Lipinski definition) is 1. The van der Waals surface area contributed by atoms with E-state index in [0.29, 0.717) is 5.82 Å². The molecule has 2 aromatic rings. The van der Waals surface area contributed by atoms with Crippen LogP contribution in [0.5, 0.6) is 0 Å². The number of nitrogens with zero attached hydrogens (tertiary/aromatic N) is 2. The summed E-state index contributed by atoms with van der Waals surface area (Å²) in [5.41, 5.74) is 5.87. The molecule has 2 N–H and O–H groups in total. The molecule has 1 aliphatic rings. The Balaban J connectivity index is 1.82. The molecule has 1 saturated carbocycles. The molecule has 106 valence electrons. The van der Waals surface area contributed by atoms with Crippen molar-refractivity contribution in [3.8, 4) is 0 Å². The Hall–Kier alpha value is -1.82. The van der Waals surface area contributed by atoms with E-state index in [1.54, 1.807) is 0 Å². The molecule has 0 bridgehead atoms. The lowest BCUT2D eigenvalue weighted by Gasteiger charge is -2.17. The molecule has 4 nitrogen and oxygen atoms in total. The van der Waals surface area contributed by atoms with Gasteiger partial charge in [-0.3, -0.25) is 0 Å². The van der Waals surface area contributed by atoms with Gasteiger partial charge < -0.3 is 10.3 Å². The highest BCUT2D eigenvalue weighted by Crippen LogP contribution is 2.34. The van der Waals surface area contributed by atoms with Gasteiger partial charge in [-0.25, -0.2) is 8.78 Å². The van der Waals surface area contributed by atoms with E-state index in [9.17, 15) is 8.78 Å². The average molecular weight is 279 g/mol. The van der Waals surface area contributed by atoms with Crippen molar-refractivity contribution >= 4 is 0 Å². The summed E-state index contributed by atoms with van der Waals surface area (Å²) < 4.78 is 31.8. The Labute approximate surface area is 115 Å². The third kappa shape index (κ3) is 2.43. The fourth-order valence-corrected chi connectivity index (χ4v) is 2.60. The summed E-state index contributed by atoms with van der Waals surface area (Å²) >= 11 is 0. The molecular weight excluding hydrogens is 264 g/mol. The summed E-state index contributed by atoms with van der Waals surface area (Å²) in [6, 6.07) is 3.29. The van der Waals surface area contributed by atoms with Gasteiger partial charge in [-0.15, -0.1) is 0 Å². The number of benzene rings is 1. The SMILES string of the molecule is NC1(c2noc(Cc3cc(F)ccc3F)n2)CCCC1. The molecule has 3 rings (SSSR count). The second kappa shape index (κ2) is 4.94. The smallest absolute Gasteiger partial charge is 0.231 e. The quantitative estimate of drug-likeness (QED) is 0.938. The van der Waals surface area contributed by atoms with Gasteiger partial charge in [0.25, 0.3) is 0 Å². The first-order chi connectivity index (χ1) is 9.57. The number of hydrogen-bond acceptors (Lipinski definition) is 4. The largest absolute Gasteiger partial charge is 0.339 e. The van der Waals surface area contributed by atoms with Crippen molar-refractivity contribution in [1.29, 1.82) is 0 Å². The van der Waals surface area contributed by atoms with Gasteiger partial charge in [0, 0.05) is 5.56 Å². The van der Waals surface area contributed by atoms with Crippen LogP contribution in [-0.2, 0) is 12.0 Å². The minimum Gasteiger partial charge on any atom is -0.339 e. The van der Waals surface area contributed by atoms with Crippen LogP contribution in [0.15, 0.2) is 22.7 Å². The summed E-state index contributed by atoms with van der Waals surface area (Å²) in [5.74, 6) is -0.273. The molecule has 0 unspecified atom stereocenters. The molecule has 1 aromatic carbocycles. The van der Waals surface area contributed by atoms with Crippen LogP contribution in [0, 0.1) is 11.6 Å². The monoisotopic (exact) mass is 279 g/mol. The van der Waals surface area contributed by atoms with Gasteiger partial charge >= 0.3 is 0 Å². The molecule has 0 radical (unpaired) electrons. The van der Waals surface area contributed by atoms with E-state index in [1.165, 1.54) is 0 Å². The first-order valence-electron chi connectivity index (χ1n) is 6.63. The summed E-state index contributed by atoms with van der Waals surface area (Å²) in [6.07, 6.45) is 3.78. The van der Waals surface area contributed by atoms with Crippen LogP contribution in [0.1, 0.15) is 43.0 Å². The lowest BCUT2D eigenvalue weighted by atomic mass is 9.99. The van der Waals surface area contributed by atoms with Crippen LogP contribution < -0.4 is 5.73 Å². The molecule has 1 heterocycles. The molecular formula is C14H15F2N3O. The molecule has 0 atom stereocenters. The van der Waals surface area contributed by atoms with Crippen molar-refractivity contribution < 1.29 is 13.3 Å². The van der Waals surface area contributed by atoms with Gasteiger partial charge in [0.1, 0.15) is 11.6 Å². The summed E-state index contributed by atoms with van der Waals surface area (Å²) in [7, 11) is 0. The Bertz CT molecular complexity index is 621. The molecule has 0 spiro atoms. The van der Waals surface area contributed by atoms with Crippen molar-refractivity contribution in [2.45, 2.75) is 37.6 Å². The number of aromatic nitrogens is 2. The van der Waals surface area contributed by atoms with Crippen LogP contribution in [0.4, 0.5) is 8.78 Å². The summed E-state index contributed by atoms with van der Waals surface area (Å²) in [5, 5.41) is 3.89. The summed E-state index contributed by atoms with van der Waals surface area (Å²) in [4.78, 5) is 4.24. The Kier molecular flexibility index (Phi) is 3.25. The van der Waals surface area contributed by atoms with Crippen molar-refractivity contribution in [1.82, 2.24) is 10.1 Å². The predicted octanol–water partition coefficient (Wildman–Crippen LogP) is 2.67. The fourth-order valence-electron chi connectivity index (χ4n) is 2.60. The highest BCUT2D eigenvalue weighted by atomic mass is 19.1. The van der Waals surface area contributed by atoms with Gasteiger partial charge in [0.2, 0.25) is 5.89 Å². The predicted molar refractivity (Wildman–Crippen MR) is 67.8 cm³/mol. The Morgan fingerprint density at radius 2 is 2.00 bits per heavy atom. The Morgan fingerprint density at radius 1 is 1.25 bits per heavy atom. The zero-order chi connectivity index (χ0) is 14.2. The van der Waals surface area contributed by atoms with Crippen LogP contribution >= 0.6 is 0 Å². The average Bonchev–Trinajstić information content (AvgIpc) is 3.04. The molecule has 0 amide bonds. The van der Waals surface area contributed by atoms with E-state index < -0.39 is 17.2 Å². The van der Waals surface area contributed by atoms with Crippen LogP contribution in [-0.4, -0.2) is 10.1 Å². The fraction of sp³-hybridized carbons (Fsp3) is 0.429. The lowest BCUT2D eigenvalue weighted by molar-refractivity contribution is 0.351. The zero-order valence-electron chi connectivity index (χ0n) is 10.9. The highest BCUT2D eigenvalue weighted by molar-refractivity contribution is 5.22. The van der Waals surface area contributed by atoms with Crippen molar-refractivity contribution in [2.75, 3.05) is 0 Å². The molecule has 0 saturated heterocycles. The Morgan fingerprint density at radius 3 is 2.75 bits per heavy atom. The van der Waals surface area contributed by atoms with Crippen LogP contribution in [0.2, 0.25) is 0 Å². The number of rotatable bonds is 3. The zero-order valence-corrected chi connectivity index (χ0v) is 10.9. The standard InChI is InChI=1S/C14H15F2N3O/c15-10-3-4-11(16)9(7-10)8-12-18-13(19-20-12)14(17)5-1-2-6-14/h3-4,7H,1-2,5-6,8,17H2. The molecule has 1 fully saturated rings.